The van der Waals surface area contributed by atoms with Crippen molar-refractivity contribution in [1.82, 2.24) is 15.1 Å². The van der Waals surface area contributed by atoms with Crippen LogP contribution in [0.4, 0.5) is 5.69 Å². The van der Waals surface area contributed by atoms with Gasteiger partial charge in [-0.25, -0.2) is 4.79 Å². The molecule has 1 aromatic carbocycles. The molecule has 7 heteroatoms. The third-order valence-electron chi connectivity index (χ3n) is 3.47. The molecule has 0 saturated heterocycles. The lowest BCUT2D eigenvalue weighted by Gasteiger charge is -2.10. The normalized spacial score (nSPS) is 10.3. The monoisotopic (exact) mass is 346 g/mol. The van der Waals surface area contributed by atoms with E-state index in [-0.39, 0.29) is 5.97 Å². The summed E-state index contributed by atoms with van der Waals surface area (Å²) in [5.41, 5.74) is 3.43. The number of hydrogen-bond donors (Lipinski definition) is 2. The topological polar surface area (TPSA) is 68.2 Å². The number of aromatic nitrogens is 2. The van der Waals surface area contributed by atoms with Gasteiger partial charge in [-0.3, -0.25) is 4.68 Å². The van der Waals surface area contributed by atoms with E-state index in [9.17, 15) is 4.79 Å². The molecule has 0 aliphatic heterocycles. The molecule has 2 rings (SSSR count). The highest BCUT2D eigenvalue weighted by Crippen LogP contribution is 2.11. The number of thiocarbonyl (C=S) groups is 1. The number of ether oxygens (including phenoxy) is 1. The number of nitrogens with zero attached hydrogens (tertiary/aromatic N) is 2. The second kappa shape index (κ2) is 8.44. The number of nitrogens with one attached hydrogen (secondary N) is 2. The number of hydrogen-bond acceptors (Lipinski definition) is 4. The van der Waals surface area contributed by atoms with Gasteiger partial charge >= 0.3 is 5.97 Å². The van der Waals surface area contributed by atoms with Crippen LogP contribution in [0, 0.1) is 6.92 Å². The average molecular weight is 346 g/mol. The summed E-state index contributed by atoms with van der Waals surface area (Å²) in [5, 5.41) is 11.2. The predicted octanol–water partition coefficient (Wildman–Crippen LogP) is 2.87. The van der Waals surface area contributed by atoms with E-state index in [1.165, 1.54) is 0 Å². The minimum absolute atomic E-state index is 0.326. The van der Waals surface area contributed by atoms with Crippen molar-refractivity contribution in [3.05, 3.63) is 47.3 Å². The van der Waals surface area contributed by atoms with Crippen molar-refractivity contribution < 1.29 is 9.53 Å². The van der Waals surface area contributed by atoms with E-state index in [0.717, 1.165) is 23.5 Å². The Balaban J connectivity index is 1.87. The number of esters is 1. The van der Waals surface area contributed by atoms with Gasteiger partial charge in [0.25, 0.3) is 0 Å². The Morgan fingerprint density at radius 3 is 2.58 bits per heavy atom. The largest absolute Gasteiger partial charge is 0.462 e. The van der Waals surface area contributed by atoms with E-state index >= 15 is 0 Å². The van der Waals surface area contributed by atoms with E-state index in [4.69, 9.17) is 17.0 Å². The molecule has 0 radical (unpaired) electrons. The first-order valence-corrected chi connectivity index (χ1v) is 8.29. The highest BCUT2D eigenvalue weighted by atomic mass is 32.1. The molecule has 6 nitrogen and oxygen atoms in total. The molecule has 0 saturated carbocycles. The Kier molecular flexibility index (Phi) is 6.31. The molecule has 0 atom stereocenters. The molecule has 0 bridgehead atoms. The molecule has 0 unspecified atom stereocenters. The van der Waals surface area contributed by atoms with Crippen LogP contribution in [0.2, 0.25) is 0 Å². The molecule has 128 valence electrons. The van der Waals surface area contributed by atoms with E-state index < -0.39 is 0 Å². The van der Waals surface area contributed by atoms with Gasteiger partial charge in [-0.05, 0) is 57.3 Å². The second-order valence-electron chi connectivity index (χ2n) is 5.20. The lowest BCUT2D eigenvalue weighted by molar-refractivity contribution is 0.0526. The fraction of sp³-hybridized carbons (Fsp3) is 0.353. The Morgan fingerprint density at radius 1 is 1.29 bits per heavy atom. The maximum Gasteiger partial charge on any atom is 0.338 e. The first kappa shape index (κ1) is 17.9. The SMILES string of the molecule is CCOC(=O)c1ccc(NC(=S)NCc2cn(CC)nc2C)cc1. The molecule has 0 spiro atoms. The van der Waals surface area contributed by atoms with Gasteiger partial charge in [-0.15, -0.1) is 0 Å². The minimum atomic E-state index is -0.326. The van der Waals surface area contributed by atoms with Crippen LogP contribution >= 0.6 is 12.2 Å². The van der Waals surface area contributed by atoms with Crippen molar-refractivity contribution >= 4 is 29.0 Å². The molecule has 2 aromatic rings. The van der Waals surface area contributed by atoms with Crippen molar-refractivity contribution in [3.63, 3.8) is 0 Å². The molecule has 24 heavy (non-hydrogen) atoms. The van der Waals surface area contributed by atoms with Crippen LogP contribution < -0.4 is 10.6 Å². The first-order valence-electron chi connectivity index (χ1n) is 7.88. The molecule has 0 aliphatic rings. The number of carbonyl (C=O) groups is 1. The Bertz CT molecular complexity index is 710. The summed E-state index contributed by atoms with van der Waals surface area (Å²) in [4.78, 5) is 11.6. The van der Waals surface area contributed by atoms with Crippen LogP contribution in [0.3, 0.4) is 0 Å². The van der Waals surface area contributed by atoms with Crippen LogP contribution in [-0.4, -0.2) is 27.5 Å². The zero-order chi connectivity index (χ0) is 17.5. The summed E-state index contributed by atoms with van der Waals surface area (Å²) in [6.07, 6.45) is 2.01. The summed E-state index contributed by atoms with van der Waals surface area (Å²) >= 11 is 5.30. The van der Waals surface area contributed by atoms with Crippen LogP contribution in [-0.2, 0) is 17.8 Å². The van der Waals surface area contributed by atoms with E-state index in [1.54, 1.807) is 31.2 Å². The standard InChI is InChI=1S/C17H22N4O2S/c1-4-21-11-14(12(3)20-21)10-18-17(24)19-15-8-6-13(7-9-15)16(22)23-5-2/h6-9,11H,4-5,10H2,1-3H3,(H2,18,19,24). The van der Waals surface area contributed by atoms with Gasteiger partial charge < -0.3 is 15.4 Å². The maximum absolute atomic E-state index is 11.6. The third-order valence-corrected chi connectivity index (χ3v) is 3.71. The molecule has 0 amide bonds. The summed E-state index contributed by atoms with van der Waals surface area (Å²) in [6, 6.07) is 7.00. The fourth-order valence-corrected chi connectivity index (χ4v) is 2.34. The number of benzene rings is 1. The van der Waals surface area contributed by atoms with Gasteiger partial charge in [0.05, 0.1) is 17.9 Å². The minimum Gasteiger partial charge on any atom is -0.462 e. The molecule has 0 aliphatic carbocycles. The second-order valence-corrected chi connectivity index (χ2v) is 5.61. The van der Waals surface area contributed by atoms with Gasteiger partial charge in [0, 0.05) is 30.5 Å². The molecule has 2 N–H and O–H groups in total. The average Bonchev–Trinajstić information content (AvgIpc) is 2.94. The third kappa shape index (κ3) is 4.79. The van der Waals surface area contributed by atoms with Crippen molar-refractivity contribution in [2.45, 2.75) is 33.9 Å². The van der Waals surface area contributed by atoms with E-state index in [2.05, 4.69) is 22.7 Å². The highest BCUT2D eigenvalue weighted by Gasteiger charge is 2.07. The van der Waals surface area contributed by atoms with Crippen LogP contribution in [0.25, 0.3) is 0 Å². The lowest BCUT2D eigenvalue weighted by atomic mass is 10.2. The Hall–Kier alpha value is -2.41. The van der Waals surface area contributed by atoms with Gasteiger partial charge in [-0.1, -0.05) is 0 Å². The molecule has 1 heterocycles. The van der Waals surface area contributed by atoms with Gasteiger partial charge in [-0.2, -0.15) is 5.10 Å². The summed E-state index contributed by atoms with van der Waals surface area (Å²) in [5.74, 6) is -0.326. The number of rotatable bonds is 6. The lowest BCUT2D eigenvalue weighted by Crippen LogP contribution is -2.28. The smallest absolute Gasteiger partial charge is 0.338 e. The molecular weight excluding hydrogens is 324 g/mol. The van der Waals surface area contributed by atoms with Crippen LogP contribution in [0.15, 0.2) is 30.5 Å². The van der Waals surface area contributed by atoms with Crippen molar-refractivity contribution in [2.75, 3.05) is 11.9 Å². The highest BCUT2D eigenvalue weighted by molar-refractivity contribution is 7.80. The van der Waals surface area contributed by atoms with Crippen LogP contribution in [0.5, 0.6) is 0 Å². The predicted molar refractivity (Wildman–Crippen MR) is 98.1 cm³/mol. The Labute approximate surface area is 147 Å². The Morgan fingerprint density at radius 2 is 2.00 bits per heavy atom. The van der Waals surface area contributed by atoms with Gasteiger partial charge in [0.2, 0.25) is 0 Å². The number of anilines is 1. The maximum atomic E-state index is 11.6. The van der Waals surface area contributed by atoms with Crippen LogP contribution in [0.1, 0.15) is 35.5 Å². The molecular formula is C17H22N4O2S. The fourth-order valence-electron chi connectivity index (χ4n) is 2.15. The quantitative estimate of drug-likeness (QED) is 0.619. The van der Waals surface area contributed by atoms with E-state index in [1.807, 2.05) is 17.8 Å². The summed E-state index contributed by atoms with van der Waals surface area (Å²) in [7, 11) is 0. The number of carbonyl (C=O) groups excluding carboxylic acids is 1. The van der Waals surface area contributed by atoms with Crippen molar-refractivity contribution in [3.8, 4) is 0 Å². The van der Waals surface area contributed by atoms with Gasteiger partial charge in [0.1, 0.15) is 0 Å². The van der Waals surface area contributed by atoms with Gasteiger partial charge in [0.15, 0.2) is 5.11 Å². The molecule has 1 aromatic heterocycles. The van der Waals surface area contributed by atoms with Crippen molar-refractivity contribution in [1.29, 1.82) is 0 Å². The summed E-state index contributed by atoms with van der Waals surface area (Å²) in [6.45, 7) is 7.63. The first-order chi connectivity index (χ1) is 11.5. The molecule has 0 fully saturated rings. The van der Waals surface area contributed by atoms with E-state index in [0.29, 0.717) is 23.8 Å². The zero-order valence-electron chi connectivity index (χ0n) is 14.1. The van der Waals surface area contributed by atoms with Crippen molar-refractivity contribution in [2.24, 2.45) is 0 Å². The zero-order valence-corrected chi connectivity index (χ0v) is 14.9. The number of aryl methyl sites for hydroxylation is 2. The summed E-state index contributed by atoms with van der Waals surface area (Å²) < 4.78 is 6.85.